The number of aromatic nitrogens is 1. The van der Waals surface area contributed by atoms with Crippen molar-refractivity contribution in [2.45, 2.75) is 12.8 Å². The number of hydrogen-bond acceptors (Lipinski definition) is 5. The number of nitrogens with zero attached hydrogens (tertiary/aromatic N) is 2. The highest BCUT2D eigenvalue weighted by Crippen LogP contribution is 2.31. The molecule has 1 saturated heterocycles. The van der Waals surface area contributed by atoms with Crippen LogP contribution in [0, 0.1) is 0 Å². The van der Waals surface area contributed by atoms with Gasteiger partial charge in [0.15, 0.2) is 5.13 Å². The fourth-order valence-corrected chi connectivity index (χ4v) is 3.07. The summed E-state index contributed by atoms with van der Waals surface area (Å²) in [6.07, 6.45) is 2.63. The van der Waals surface area contributed by atoms with E-state index in [-0.39, 0.29) is 0 Å². The summed E-state index contributed by atoms with van der Waals surface area (Å²) < 4.78 is 5.94. The lowest BCUT2D eigenvalue weighted by molar-refractivity contribution is 0.238. The summed E-state index contributed by atoms with van der Waals surface area (Å²) >= 11 is 1.46. The van der Waals surface area contributed by atoms with Crippen LogP contribution >= 0.6 is 11.3 Å². The molecular weight excluding hydrogens is 270 g/mol. The van der Waals surface area contributed by atoms with E-state index in [2.05, 4.69) is 9.88 Å². The molecule has 1 fully saturated rings. The number of nitrogen functional groups attached to an aromatic ring is 1. The van der Waals surface area contributed by atoms with E-state index < -0.39 is 0 Å². The molecule has 2 aromatic rings. The fraction of sp³-hybridized carbons (Fsp3) is 0.400. The molecule has 0 unspecified atom stereocenters. The van der Waals surface area contributed by atoms with E-state index in [1.165, 1.54) is 37.3 Å². The summed E-state index contributed by atoms with van der Waals surface area (Å²) in [4.78, 5) is 6.78. The van der Waals surface area contributed by atoms with E-state index in [0.717, 1.165) is 30.2 Å². The van der Waals surface area contributed by atoms with Crippen molar-refractivity contribution >= 4 is 16.5 Å². The van der Waals surface area contributed by atoms with Gasteiger partial charge in [0.1, 0.15) is 12.4 Å². The van der Waals surface area contributed by atoms with Gasteiger partial charge in [-0.15, -0.1) is 11.3 Å². The van der Waals surface area contributed by atoms with E-state index >= 15 is 0 Å². The second-order valence-electron chi connectivity index (χ2n) is 4.96. The molecule has 1 aliphatic heterocycles. The average Bonchev–Trinajstić information content (AvgIpc) is 3.11. The highest BCUT2D eigenvalue weighted by atomic mass is 32.1. The lowest BCUT2D eigenvalue weighted by atomic mass is 10.1. The molecule has 2 heterocycles. The Hall–Kier alpha value is -1.59. The molecule has 0 bridgehead atoms. The van der Waals surface area contributed by atoms with Crippen LogP contribution in [0.3, 0.4) is 0 Å². The number of nitrogens with two attached hydrogens (primary N) is 1. The minimum Gasteiger partial charge on any atom is -0.492 e. The Kier molecular flexibility index (Phi) is 4.18. The van der Waals surface area contributed by atoms with Crippen LogP contribution in [0.15, 0.2) is 29.6 Å². The number of benzene rings is 1. The molecule has 0 saturated carbocycles. The first-order chi connectivity index (χ1) is 9.83. The van der Waals surface area contributed by atoms with E-state index in [1.54, 1.807) is 0 Å². The third kappa shape index (κ3) is 3.11. The number of likely N-dealkylation sites (tertiary alicyclic amines) is 1. The molecule has 4 nitrogen and oxygen atoms in total. The highest BCUT2D eigenvalue weighted by Gasteiger charge is 2.12. The van der Waals surface area contributed by atoms with Crippen LogP contribution in [-0.2, 0) is 0 Å². The smallest absolute Gasteiger partial charge is 0.180 e. The minimum absolute atomic E-state index is 0.590. The first kappa shape index (κ1) is 13.4. The van der Waals surface area contributed by atoms with Crippen molar-refractivity contribution in [1.82, 2.24) is 9.88 Å². The summed E-state index contributed by atoms with van der Waals surface area (Å²) in [5.74, 6) is 0.886. The summed E-state index contributed by atoms with van der Waals surface area (Å²) in [5.41, 5.74) is 7.62. The monoisotopic (exact) mass is 289 g/mol. The maximum absolute atomic E-state index is 5.94. The molecule has 1 aromatic carbocycles. The van der Waals surface area contributed by atoms with Gasteiger partial charge in [0.25, 0.3) is 0 Å². The van der Waals surface area contributed by atoms with Crippen LogP contribution in [0.4, 0.5) is 5.13 Å². The first-order valence-corrected chi connectivity index (χ1v) is 7.86. The summed E-state index contributed by atoms with van der Waals surface area (Å²) in [6, 6.07) is 8.01. The van der Waals surface area contributed by atoms with Crippen LogP contribution in [-0.4, -0.2) is 36.1 Å². The zero-order chi connectivity index (χ0) is 13.8. The van der Waals surface area contributed by atoms with Crippen LogP contribution in [0.25, 0.3) is 11.3 Å². The normalized spacial score (nSPS) is 15.6. The van der Waals surface area contributed by atoms with Crippen molar-refractivity contribution in [3.8, 4) is 17.0 Å². The number of ether oxygens (including phenoxy) is 1. The molecule has 106 valence electrons. The van der Waals surface area contributed by atoms with Crippen molar-refractivity contribution < 1.29 is 4.74 Å². The Morgan fingerprint density at radius 3 is 2.80 bits per heavy atom. The number of hydrogen-bond donors (Lipinski definition) is 1. The maximum atomic E-state index is 5.94. The summed E-state index contributed by atoms with van der Waals surface area (Å²) in [5, 5.41) is 2.56. The predicted molar refractivity (Wildman–Crippen MR) is 83.1 cm³/mol. The second kappa shape index (κ2) is 6.24. The lowest BCUT2D eigenvalue weighted by Crippen LogP contribution is -2.25. The Balaban J connectivity index is 1.66. The second-order valence-corrected chi connectivity index (χ2v) is 5.85. The molecule has 0 aliphatic carbocycles. The number of anilines is 1. The van der Waals surface area contributed by atoms with Gasteiger partial charge in [-0.05, 0) is 38.1 Å². The van der Waals surface area contributed by atoms with Crippen LogP contribution in [0.2, 0.25) is 0 Å². The van der Waals surface area contributed by atoms with E-state index in [1.807, 2.05) is 29.6 Å². The molecule has 1 aromatic heterocycles. The Labute approximate surface area is 123 Å². The molecule has 0 spiro atoms. The number of thiazole rings is 1. The van der Waals surface area contributed by atoms with E-state index in [9.17, 15) is 0 Å². The Morgan fingerprint density at radius 2 is 2.05 bits per heavy atom. The first-order valence-electron chi connectivity index (χ1n) is 6.98. The fourth-order valence-electron chi connectivity index (χ4n) is 2.51. The molecule has 0 atom stereocenters. The van der Waals surface area contributed by atoms with Crippen LogP contribution < -0.4 is 10.5 Å². The van der Waals surface area contributed by atoms with Gasteiger partial charge in [0, 0.05) is 17.5 Å². The molecule has 3 rings (SSSR count). The standard InChI is InChI=1S/C15H19N3OS/c16-15-17-13(11-20-15)12-5-1-2-6-14(12)19-10-9-18-7-3-4-8-18/h1-2,5-6,11H,3-4,7-10H2,(H2,16,17). The van der Waals surface area contributed by atoms with Gasteiger partial charge in [-0.3, -0.25) is 4.90 Å². The van der Waals surface area contributed by atoms with Crippen LogP contribution in [0.5, 0.6) is 5.75 Å². The van der Waals surface area contributed by atoms with Crippen LogP contribution in [0.1, 0.15) is 12.8 Å². The number of rotatable bonds is 5. The van der Waals surface area contributed by atoms with Crippen molar-refractivity contribution in [3.05, 3.63) is 29.6 Å². The van der Waals surface area contributed by atoms with Crippen molar-refractivity contribution in [1.29, 1.82) is 0 Å². The van der Waals surface area contributed by atoms with Gasteiger partial charge in [-0.25, -0.2) is 4.98 Å². The predicted octanol–water partition coefficient (Wildman–Crippen LogP) is 2.87. The van der Waals surface area contributed by atoms with Gasteiger partial charge in [0.2, 0.25) is 0 Å². The third-order valence-corrected chi connectivity index (χ3v) is 4.22. The molecule has 0 amide bonds. The third-order valence-electron chi connectivity index (χ3n) is 3.55. The largest absolute Gasteiger partial charge is 0.492 e. The van der Waals surface area contributed by atoms with Gasteiger partial charge in [-0.1, -0.05) is 12.1 Å². The van der Waals surface area contributed by atoms with Gasteiger partial charge in [-0.2, -0.15) is 0 Å². The SMILES string of the molecule is Nc1nc(-c2ccccc2OCCN2CCCC2)cs1. The molecule has 20 heavy (non-hydrogen) atoms. The summed E-state index contributed by atoms with van der Waals surface area (Å²) in [7, 11) is 0. The minimum atomic E-state index is 0.590. The van der Waals surface area contributed by atoms with Crippen molar-refractivity contribution in [2.24, 2.45) is 0 Å². The van der Waals surface area contributed by atoms with Gasteiger partial charge in [0.05, 0.1) is 5.69 Å². The van der Waals surface area contributed by atoms with Crippen molar-refractivity contribution in [2.75, 3.05) is 32.0 Å². The molecule has 5 heteroatoms. The molecule has 1 aliphatic rings. The topological polar surface area (TPSA) is 51.4 Å². The highest BCUT2D eigenvalue weighted by molar-refractivity contribution is 7.13. The van der Waals surface area contributed by atoms with E-state index in [0.29, 0.717) is 5.13 Å². The quantitative estimate of drug-likeness (QED) is 0.919. The Bertz CT molecular complexity index is 564. The van der Waals surface area contributed by atoms with Crippen molar-refractivity contribution in [3.63, 3.8) is 0 Å². The molecule has 2 N–H and O–H groups in total. The number of para-hydroxylation sites is 1. The summed E-state index contributed by atoms with van der Waals surface area (Å²) in [6.45, 7) is 4.12. The molecular formula is C15H19N3OS. The maximum Gasteiger partial charge on any atom is 0.180 e. The Morgan fingerprint density at radius 1 is 1.25 bits per heavy atom. The zero-order valence-corrected chi connectivity index (χ0v) is 12.2. The lowest BCUT2D eigenvalue weighted by Gasteiger charge is -2.16. The molecule has 0 radical (unpaired) electrons. The van der Waals surface area contributed by atoms with Gasteiger partial charge >= 0.3 is 0 Å². The van der Waals surface area contributed by atoms with Gasteiger partial charge < -0.3 is 10.5 Å². The average molecular weight is 289 g/mol. The van der Waals surface area contributed by atoms with E-state index in [4.69, 9.17) is 10.5 Å². The zero-order valence-electron chi connectivity index (χ0n) is 11.4.